The average molecular weight is 597 g/mol. The van der Waals surface area contributed by atoms with E-state index in [4.69, 9.17) is 21.2 Å². The number of halogens is 3. The average Bonchev–Trinajstić information content (AvgIpc) is 2.53. The lowest BCUT2D eigenvalue weighted by molar-refractivity contribution is -0.236. The van der Waals surface area contributed by atoms with E-state index in [1.165, 1.54) is 27.7 Å². The summed E-state index contributed by atoms with van der Waals surface area (Å²) in [5, 5.41) is 0. The standard InChI is InChI=1S/C11H30O4Si4.C10H17F3O2.2CH4/c1-10-11(2)19(9)14-17(5,6)12-16(3,4)13-18(7,8)15-19;1-6-9(5,10(11,12)13)7(14)15-8(2,3)4;;/h11H,10H2,1-9H3;6H2,1-5H3;2*1H4. The lowest BCUT2D eigenvalue weighted by atomic mass is 9.86. The third-order valence-electron chi connectivity index (χ3n) is 5.57. The molecule has 1 fully saturated rings. The van der Waals surface area contributed by atoms with Crippen LogP contribution in [-0.2, 0) is 26.0 Å². The fraction of sp³-hybridized carbons (Fsp3) is 0.957. The molecule has 220 valence electrons. The molecule has 0 aliphatic carbocycles. The summed E-state index contributed by atoms with van der Waals surface area (Å²) >= 11 is 0. The summed E-state index contributed by atoms with van der Waals surface area (Å²) in [5.41, 5.74) is -2.87. The van der Waals surface area contributed by atoms with Crippen molar-refractivity contribution in [2.75, 3.05) is 0 Å². The van der Waals surface area contributed by atoms with Crippen LogP contribution < -0.4 is 0 Å². The van der Waals surface area contributed by atoms with Crippen LogP contribution in [0, 0.1) is 5.41 Å². The second-order valence-electron chi connectivity index (χ2n) is 11.6. The van der Waals surface area contributed by atoms with Crippen molar-refractivity contribution in [2.45, 2.75) is 139 Å². The Hall–Kier alpha value is -0.0325. The highest BCUT2D eigenvalue weighted by atomic mass is 28.5. The van der Waals surface area contributed by atoms with E-state index in [1.807, 2.05) is 0 Å². The van der Waals surface area contributed by atoms with Gasteiger partial charge in [0.2, 0.25) is 0 Å². The maximum Gasteiger partial charge on any atom is 0.404 e. The Morgan fingerprint density at radius 3 is 1.36 bits per heavy atom. The van der Waals surface area contributed by atoms with Crippen LogP contribution in [0.2, 0.25) is 51.4 Å². The van der Waals surface area contributed by atoms with E-state index in [0.29, 0.717) is 5.54 Å². The highest BCUT2D eigenvalue weighted by Gasteiger charge is 2.57. The molecule has 1 heterocycles. The zero-order valence-electron chi connectivity index (χ0n) is 23.6. The minimum atomic E-state index is -4.58. The van der Waals surface area contributed by atoms with Crippen molar-refractivity contribution >= 4 is 40.2 Å². The molecule has 0 N–H and O–H groups in total. The van der Waals surface area contributed by atoms with E-state index in [2.05, 4.69) is 59.7 Å². The molecule has 0 spiro atoms. The molecule has 13 heteroatoms. The molecule has 2 unspecified atom stereocenters. The summed E-state index contributed by atoms with van der Waals surface area (Å²) in [6, 6.07) is 0. The van der Waals surface area contributed by atoms with E-state index in [9.17, 15) is 18.0 Å². The summed E-state index contributed by atoms with van der Waals surface area (Å²) in [7, 11) is -8.80. The first-order chi connectivity index (χ1) is 14.7. The molecule has 0 bridgehead atoms. The Balaban J connectivity index is -0.000000589. The summed E-state index contributed by atoms with van der Waals surface area (Å²) in [4.78, 5) is 11.4. The van der Waals surface area contributed by atoms with Crippen LogP contribution in [0.15, 0.2) is 0 Å². The second-order valence-corrected chi connectivity index (χ2v) is 26.3. The molecular weight excluding hydrogens is 542 g/mol. The van der Waals surface area contributed by atoms with Gasteiger partial charge in [0.25, 0.3) is 0 Å². The van der Waals surface area contributed by atoms with E-state index in [1.54, 1.807) is 0 Å². The largest absolute Gasteiger partial charge is 0.459 e. The molecule has 1 aliphatic rings. The van der Waals surface area contributed by atoms with Crippen LogP contribution >= 0.6 is 0 Å². The van der Waals surface area contributed by atoms with Crippen LogP contribution in [0.4, 0.5) is 13.2 Å². The number of carbonyl (C=O) groups excluding carboxylic acids is 1. The lowest BCUT2D eigenvalue weighted by Crippen LogP contribution is -2.66. The second kappa shape index (κ2) is 13.4. The van der Waals surface area contributed by atoms with Crippen LogP contribution in [0.5, 0.6) is 0 Å². The molecule has 36 heavy (non-hydrogen) atoms. The van der Waals surface area contributed by atoms with Gasteiger partial charge in [0, 0.05) is 0 Å². The van der Waals surface area contributed by atoms with Crippen molar-refractivity contribution in [3.8, 4) is 0 Å². The Morgan fingerprint density at radius 1 is 0.778 bits per heavy atom. The molecule has 0 amide bonds. The molecule has 1 rings (SSSR count). The van der Waals surface area contributed by atoms with E-state index in [-0.39, 0.29) is 21.3 Å². The first kappa shape index (κ1) is 40.5. The van der Waals surface area contributed by atoms with Crippen LogP contribution in [0.3, 0.4) is 0 Å². The van der Waals surface area contributed by atoms with Gasteiger partial charge < -0.3 is 21.2 Å². The minimum Gasteiger partial charge on any atom is -0.459 e. The fourth-order valence-corrected chi connectivity index (χ4v) is 25.5. The molecule has 0 aromatic rings. The quantitative estimate of drug-likeness (QED) is 0.239. The van der Waals surface area contributed by atoms with Crippen LogP contribution in [-0.4, -0.2) is 52.0 Å². The van der Waals surface area contributed by atoms with Crippen molar-refractivity contribution in [1.29, 1.82) is 0 Å². The molecule has 0 radical (unpaired) electrons. The number of hydrogen-bond donors (Lipinski definition) is 0. The van der Waals surface area contributed by atoms with Crippen LogP contribution in [0.1, 0.15) is 76.2 Å². The van der Waals surface area contributed by atoms with Gasteiger partial charge in [0.15, 0.2) is 5.41 Å². The monoisotopic (exact) mass is 596 g/mol. The van der Waals surface area contributed by atoms with Crippen molar-refractivity contribution in [1.82, 2.24) is 0 Å². The van der Waals surface area contributed by atoms with Crippen molar-refractivity contribution in [2.24, 2.45) is 5.41 Å². The number of carbonyl (C=O) groups is 1. The van der Waals surface area contributed by atoms with Gasteiger partial charge in [-0.3, -0.25) is 4.79 Å². The van der Waals surface area contributed by atoms with Crippen molar-refractivity contribution in [3.05, 3.63) is 0 Å². The molecule has 2 atom stereocenters. The lowest BCUT2D eigenvalue weighted by Gasteiger charge is -2.49. The zero-order valence-corrected chi connectivity index (χ0v) is 27.6. The summed E-state index contributed by atoms with van der Waals surface area (Å²) < 4.78 is 68.3. The van der Waals surface area contributed by atoms with Gasteiger partial charge in [-0.2, -0.15) is 13.2 Å². The van der Waals surface area contributed by atoms with Crippen molar-refractivity contribution < 1.29 is 39.2 Å². The number of hydrogen-bond acceptors (Lipinski definition) is 6. The highest BCUT2D eigenvalue weighted by molar-refractivity contribution is 6.93. The zero-order chi connectivity index (χ0) is 27.6. The smallest absolute Gasteiger partial charge is 0.404 e. The van der Waals surface area contributed by atoms with E-state index >= 15 is 0 Å². The molecule has 0 aromatic heterocycles. The number of alkyl halides is 3. The van der Waals surface area contributed by atoms with Gasteiger partial charge >= 0.3 is 46.4 Å². The summed E-state index contributed by atoms with van der Waals surface area (Å²) in [6.45, 7) is 26.0. The van der Waals surface area contributed by atoms with E-state index in [0.717, 1.165) is 13.3 Å². The number of ether oxygens (including phenoxy) is 1. The predicted molar refractivity (Wildman–Crippen MR) is 152 cm³/mol. The first-order valence-electron chi connectivity index (χ1n) is 11.9. The third-order valence-corrected chi connectivity index (χ3v) is 22.8. The Morgan fingerprint density at radius 2 is 1.11 bits per heavy atom. The maximum atomic E-state index is 12.6. The molecular formula is C23H55F3O6Si4. The predicted octanol–water partition coefficient (Wildman–Crippen LogP) is 8.62. The van der Waals surface area contributed by atoms with Gasteiger partial charge in [-0.1, -0.05) is 42.0 Å². The van der Waals surface area contributed by atoms with Gasteiger partial charge in [0.05, 0.1) is 0 Å². The summed E-state index contributed by atoms with van der Waals surface area (Å²) in [5.74, 6) is -1.22. The normalized spacial score (nSPS) is 23.0. The van der Waals surface area contributed by atoms with Crippen LogP contribution in [0.25, 0.3) is 0 Å². The molecule has 1 aliphatic heterocycles. The third kappa shape index (κ3) is 12.2. The summed E-state index contributed by atoms with van der Waals surface area (Å²) in [6.07, 6.45) is -3.84. The SMILES string of the molecule is C.C.CCC(C)(C(=O)OC(C)(C)C)C(F)(F)F.CCC(C)[Si]1(C)O[Si](C)(C)O[Si](C)(C)O[Si](C)(C)O1. The number of esters is 1. The molecule has 1 saturated heterocycles. The van der Waals surface area contributed by atoms with Gasteiger partial charge in [-0.25, -0.2) is 0 Å². The molecule has 6 nitrogen and oxygen atoms in total. The number of rotatable bonds is 4. The molecule has 0 aromatic carbocycles. The molecule has 0 saturated carbocycles. The maximum absolute atomic E-state index is 12.6. The van der Waals surface area contributed by atoms with Crippen molar-refractivity contribution in [3.63, 3.8) is 0 Å². The minimum absolute atomic E-state index is 0. The Bertz CT molecular complexity index is 674. The fourth-order valence-electron chi connectivity index (χ4n) is 3.67. The van der Waals surface area contributed by atoms with E-state index < -0.39 is 57.4 Å². The highest BCUT2D eigenvalue weighted by Crippen LogP contribution is 2.42. The topological polar surface area (TPSA) is 63.2 Å². The van der Waals surface area contributed by atoms with Gasteiger partial charge in [-0.05, 0) is 85.5 Å². The Kier molecular flexibility index (Phi) is 15.0. The Labute approximate surface area is 224 Å². The first-order valence-corrected chi connectivity index (χ1v) is 22.7. The van der Waals surface area contributed by atoms with Gasteiger partial charge in [-0.15, -0.1) is 0 Å². The van der Waals surface area contributed by atoms with Gasteiger partial charge in [0.1, 0.15) is 5.60 Å².